The minimum absolute atomic E-state index is 0.0323. The van der Waals surface area contributed by atoms with Crippen LogP contribution < -0.4 is 10.5 Å². The number of nitriles is 2. The van der Waals surface area contributed by atoms with Crippen molar-refractivity contribution in [2.24, 2.45) is 0 Å². The molecule has 1 heterocycles. The smallest absolute Gasteiger partial charge is 0.234 e. The van der Waals surface area contributed by atoms with Crippen molar-refractivity contribution < 1.29 is 4.74 Å². The molecule has 5 nitrogen and oxygen atoms in total. The molecule has 1 aromatic carbocycles. The quantitative estimate of drug-likeness (QED) is 0.939. The number of halogens is 1. The van der Waals surface area contributed by atoms with Crippen molar-refractivity contribution in [2.45, 2.75) is 6.92 Å². The largest absolute Gasteiger partial charge is 0.477 e. The minimum atomic E-state index is 0.0323. The molecule has 0 bridgehead atoms. The molecule has 0 saturated heterocycles. The maximum Gasteiger partial charge on any atom is 0.234 e. The lowest BCUT2D eigenvalue weighted by Gasteiger charge is -2.13. The number of nitrogen functional groups attached to an aromatic ring is 1. The van der Waals surface area contributed by atoms with E-state index in [0.29, 0.717) is 22.8 Å². The summed E-state index contributed by atoms with van der Waals surface area (Å²) >= 11 is 5.87. The molecule has 0 aliphatic rings. The van der Waals surface area contributed by atoms with Crippen molar-refractivity contribution in [3.8, 4) is 29.1 Å². The number of nitrogens with two attached hydrogens (primary N) is 1. The van der Waals surface area contributed by atoms with E-state index in [9.17, 15) is 10.5 Å². The van der Waals surface area contributed by atoms with Gasteiger partial charge in [-0.25, -0.2) is 0 Å². The van der Waals surface area contributed by atoms with Crippen molar-refractivity contribution in [1.29, 1.82) is 10.5 Å². The standard InChI is InChI=1S/C15H11ClN4O/c1-2-21-15-12(8-18)13(11(7-17)14(19)20-15)9-3-5-10(16)6-4-9/h3-6H,2H2,1H3,(H2,19,20). The van der Waals surface area contributed by atoms with E-state index >= 15 is 0 Å². The Balaban J connectivity index is 2.81. The summed E-state index contributed by atoms with van der Waals surface area (Å²) in [5.41, 5.74) is 7.21. The van der Waals surface area contributed by atoms with E-state index in [4.69, 9.17) is 22.1 Å². The molecule has 0 atom stereocenters. The summed E-state index contributed by atoms with van der Waals surface area (Å²) < 4.78 is 5.35. The molecule has 0 aliphatic carbocycles. The molecular weight excluding hydrogens is 288 g/mol. The summed E-state index contributed by atoms with van der Waals surface area (Å²) in [6.45, 7) is 2.12. The fraction of sp³-hybridized carbons (Fsp3) is 0.133. The van der Waals surface area contributed by atoms with Crippen LogP contribution in [0, 0.1) is 22.7 Å². The van der Waals surface area contributed by atoms with Crippen LogP contribution in [-0.2, 0) is 0 Å². The average molecular weight is 299 g/mol. The highest BCUT2D eigenvalue weighted by molar-refractivity contribution is 6.30. The van der Waals surface area contributed by atoms with E-state index < -0.39 is 0 Å². The number of hydrogen-bond acceptors (Lipinski definition) is 5. The average Bonchev–Trinajstić information content (AvgIpc) is 2.48. The van der Waals surface area contributed by atoms with Gasteiger partial charge in [-0.05, 0) is 24.6 Å². The van der Waals surface area contributed by atoms with Gasteiger partial charge in [0.15, 0.2) is 0 Å². The van der Waals surface area contributed by atoms with Crippen LogP contribution in [0.3, 0.4) is 0 Å². The van der Waals surface area contributed by atoms with Gasteiger partial charge >= 0.3 is 0 Å². The molecule has 0 spiro atoms. The number of rotatable bonds is 3. The first kappa shape index (κ1) is 14.6. The van der Waals surface area contributed by atoms with E-state index in [2.05, 4.69) is 4.98 Å². The van der Waals surface area contributed by atoms with E-state index in [1.807, 2.05) is 12.1 Å². The monoisotopic (exact) mass is 298 g/mol. The number of hydrogen-bond donors (Lipinski definition) is 1. The number of ether oxygens (including phenoxy) is 1. The highest BCUT2D eigenvalue weighted by atomic mass is 35.5. The molecule has 0 unspecified atom stereocenters. The van der Waals surface area contributed by atoms with Crippen molar-refractivity contribution in [1.82, 2.24) is 4.98 Å². The minimum Gasteiger partial charge on any atom is -0.477 e. The summed E-state index contributed by atoms with van der Waals surface area (Å²) in [6, 6.07) is 10.8. The molecule has 0 fully saturated rings. The Morgan fingerprint density at radius 1 is 1.19 bits per heavy atom. The molecule has 21 heavy (non-hydrogen) atoms. The lowest BCUT2D eigenvalue weighted by Crippen LogP contribution is -2.05. The Kier molecular flexibility index (Phi) is 4.27. The molecule has 2 rings (SSSR count). The number of benzene rings is 1. The zero-order valence-electron chi connectivity index (χ0n) is 11.2. The molecular formula is C15H11ClN4O. The SMILES string of the molecule is CCOc1nc(N)c(C#N)c(-c2ccc(Cl)cc2)c1C#N. The molecule has 0 amide bonds. The Bertz CT molecular complexity index is 757. The Morgan fingerprint density at radius 3 is 2.33 bits per heavy atom. The molecule has 0 radical (unpaired) electrons. The maximum atomic E-state index is 9.41. The Hall–Kier alpha value is -2.76. The lowest BCUT2D eigenvalue weighted by atomic mass is 9.96. The van der Waals surface area contributed by atoms with Gasteiger partial charge in [-0.15, -0.1) is 0 Å². The highest BCUT2D eigenvalue weighted by Crippen LogP contribution is 2.35. The van der Waals surface area contributed by atoms with Crippen LogP contribution in [0.2, 0.25) is 5.02 Å². The van der Waals surface area contributed by atoms with Crippen molar-refractivity contribution in [3.63, 3.8) is 0 Å². The van der Waals surface area contributed by atoms with Crippen LogP contribution >= 0.6 is 11.6 Å². The first-order valence-corrected chi connectivity index (χ1v) is 6.52. The van der Waals surface area contributed by atoms with Gasteiger partial charge in [-0.2, -0.15) is 15.5 Å². The number of aromatic nitrogens is 1. The number of anilines is 1. The highest BCUT2D eigenvalue weighted by Gasteiger charge is 2.20. The molecule has 0 aliphatic heterocycles. The predicted molar refractivity (Wildman–Crippen MR) is 79.7 cm³/mol. The molecule has 2 aromatic rings. The summed E-state index contributed by atoms with van der Waals surface area (Å²) in [7, 11) is 0. The molecule has 2 N–H and O–H groups in total. The summed E-state index contributed by atoms with van der Waals surface area (Å²) in [4.78, 5) is 3.99. The predicted octanol–water partition coefficient (Wildman–Crippen LogP) is 3.13. The van der Waals surface area contributed by atoms with Crippen LogP contribution in [0.5, 0.6) is 5.88 Å². The van der Waals surface area contributed by atoms with Crippen LogP contribution in [0.1, 0.15) is 18.1 Å². The fourth-order valence-electron chi connectivity index (χ4n) is 1.94. The molecule has 6 heteroatoms. The summed E-state index contributed by atoms with van der Waals surface area (Å²) in [5, 5.41) is 19.3. The zero-order valence-corrected chi connectivity index (χ0v) is 12.0. The third kappa shape index (κ3) is 2.74. The third-order valence-corrected chi connectivity index (χ3v) is 3.08. The second-order valence-electron chi connectivity index (χ2n) is 4.09. The van der Waals surface area contributed by atoms with Gasteiger partial charge in [-0.3, -0.25) is 0 Å². The van der Waals surface area contributed by atoms with Crippen molar-refractivity contribution in [3.05, 3.63) is 40.4 Å². The van der Waals surface area contributed by atoms with Crippen LogP contribution in [0.4, 0.5) is 5.82 Å². The van der Waals surface area contributed by atoms with Gasteiger partial charge in [0.1, 0.15) is 29.1 Å². The van der Waals surface area contributed by atoms with Crippen molar-refractivity contribution >= 4 is 17.4 Å². The third-order valence-electron chi connectivity index (χ3n) is 2.83. The van der Waals surface area contributed by atoms with E-state index in [1.54, 1.807) is 31.2 Å². The van der Waals surface area contributed by atoms with Gasteiger partial charge in [0.25, 0.3) is 0 Å². The lowest BCUT2D eigenvalue weighted by molar-refractivity contribution is 0.326. The Labute approximate surface area is 127 Å². The second kappa shape index (κ2) is 6.13. The second-order valence-corrected chi connectivity index (χ2v) is 4.53. The number of pyridine rings is 1. The van der Waals surface area contributed by atoms with Gasteiger partial charge in [0, 0.05) is 10.6 Å². The van der Waals surface area contributed by atoms with Crippen molar-refractivity contribution in [2.75, 3.05) is 12.3 Å². The van der Waals surface area contributed by atoms with Gasteiger partial charge in [0.2, 0.25) is 5.88 Å². The maximum absolute atomic E-state index is 9.41. The molecule has 104 valence electrons. The normalized spacial score (nSPS) is 9.71. The molecule has 0 saturated carbocycles. The topological polar surface area (TPSA) is 95.7 Å². The number of nitrogens with zero attached hydrogens (tertiary/aromatic N) is 3. The summed E-state index contributed by atoms with van der Waals surface area (Å²) in [6.07, 6.45) is 0. The first-order valence-electron chi connectivity index (χ1n) is 6.14. The Morgan fingerprint density at radius 2 is 1.81 bits per heavy atom. The fourth-order valence-corrected chi connectivity index (χ4v) is 2.07. The van der Waals surface area contributed by atoms with Gasteiger partial charge in [-0.1, -0.05) is 23.7 Å². The van der Waals surface area contributed by atoms with E-state index in [-0.39, 0.29) is 22.8 Å². The molecule has 1 aromatic heterocycles. The van der Waals surface area contributed by atoms with E-state index in [0.717, 1.165) is 0 Å². The van der Waals surface area contributed by atoms with Crippen LogP contribution in [-0.4, -0.2) is 11.6 Å². The zero-order chi connectivity index (χ0) is 15.4. The van der Waals surface area contributed by atoms with Crippen LogP contribution in [0.15, 0.2) is 24.3 Å². The first-order chi connectivity index (χ1) is 10.1. The van der Waals surface area contributed by atoms with Gasteiger partial charge < -0.3 is 10.5 Å². The summed E-state index contributed by atoms with van der Waals surface area (Å²) in [5.74, 6) is 0.159. The van der Waals surface area contributed by atoms with E-state index in [1.165, 1.54) is 0 Å². The van der Waals surface area contributed by atoms with Crippen LogP contribution in [0.25, 0.3) is 11.1 Å². The van der Waals surface area contributed by atoms with Gasteiger partial charge in [0.05, 0.1) is 6.61 Å².